The van der Waals surface area contributed by atoms with Crippen LogP contribution in [0.15, 0.2) is 34.7 Å². The van der Waals surface area contributed by atoms with Gasteiger partial charge in [0, 0.05) is 19.1 Å². The fourth-order valence-electron chi connectivity index (χ4n) is 1.85. The number of hydrogen-bond acceptors (Lipinski definition) is 5. The summed E-state index contributed by atoms with van der Waals surface area (Å²) in [4.78, 5) is 2.07. The van der Waals surface area contributed by atoms with Crippen LogP contribution in [-0.2, 0) is 13.1 Å². The van der Waals surface area contributed by atoms with Gasteiger partial charge >= 0.3 is 6.01 Å². The third kappa shape index (κ3) is 4.06. The van der Waals surface area contributed by atoms with E-state index in [1.54, 1.807) is 0 Å². The Kier molecular flexibility index (Phi) is 5.12. The zero-order chi connectivity index (χ0) is 14.4. The lowest BCUT2D eigenvalue weighted by Gasteiger charge is -2.17. The molecule has 1 N–H and O–H groups in total. The van der Waals surface area contributed by atoms with Gasteiger partial charge in [0.15, 0.2) is 0 Å². The fourth-order valence-corrected chi connectivity index (χ4v) is 1.85. The molecule has 0 unspecified atom stereocenters. The van der Waals surface area contributed by atoms with Gasteiger partial charge in [-0.1, -0.05) is 49.3 Å². The Morgan fingerprint density at radius 3 is 2.60 bits per heavy atom. The molecular weight excluding hydrogens is 252 g/mol. The van der Waals surface area contributed by atoms with Crippen molar-refractivity contribution in [2.24, 2.45) is 0 Å². The molecule has 0 saturated carbocycles. The zero-order valence-corrected chi connectivity index (χ0v) is 12.3. The maximum atomic E-state index is 5.70. The molecule has 1 heterocycles. The number of nitrogens with one attached hydrogen (secondary N) is 1. The average molecular weight is 274 g/mol. The number of benzene rings is 1. The largest absolute Gasteiger partial charge is 0.407 e. The van der Waals surface area contributed by atoms with Gasteiger partial charge in [-0.15, -0.1) is 5.10 Å². The van der Waals surface area contributed by atoms with E-state index in [2.05, 4.69) is 53.3 Å². The molecule has 5 nitrogen and oxygen atoms in total. The first kappa shape index (κ1) is 14.5. The Morgan fingerprint density at radius 2 is 1.95 bits per heavy atom. The van der Waals surface area contributed by atoms with Crippen molar-refractivity contribution in [1.29, 1.82) is 0 Å². The first-order chi connectivity index (χ1) is 9.69. The predicted molar refractivity (Wildman–Crippen MR) is 79.4 cm³/mol. The molecule has 0 fully saturated rings. The fraction of sp³-hybridized carbons (Fsp3) is 0.467. The minimum atomic E-state index is 0.400. The number of hydrogen-bond donors (Lipinski definition) is 1. The molecule has 0 aliphatic heterocycles. The van der Waals surface area contributed by atoms with Crippen LogP contribution in [0.25, 0.3) is 0 Å². The summed E-state index contributed by atoms with van der Waals surface area (Å²) >= 11 is 0. The van der Waals surface area contributed by atoms with Gasteiger partial charge < -0.3 is 14.6 Å². The summed E-state index contributed by atoms with van der Waals surface area (Å²) in [6, 6.07) is 11.3. The van der Waals surface area contributed by atoms with Gasteiger partial charge in [0.2, 0.25) is 5.89 Å². The summed E-state index contributed by atoms with van der Waals surface area (Å²) in [5, 5.41) is 11.5. The van der Waals surface area contributed by atoms with E-state index < -0.39 is 0 Å². The van der Waals surface area contributed by atoms with E-state index in [0.29, 0.717) is 24.5 Å². The van der Waals surface area contributed by atoms with Crippen LogP contribution in [0.5, 0.6) is 0 Å². The zero-order valence-electron chi connectivity index (χ0n) is 12.3. The smallest absolute Gasteiger partial charge is 0.318 e. The van der Waals surface area contributed by atoms with Gasteiger partial charge in [0.25, 0.3) is 0 Å². The molecule has 0 aliphatic rings. The van der Waals surface area contributed by atoms with Crippen LogP contribution in [0, 0.1) is 0 Å². The standard InChI is InChI=1S/C15H22N4O/c1-4-19(11-13-8-6-5-7-9-13)15-18-17-14(20-15)10-16-12(2)3/h5-9,12,16H,4,10-11H2,1-3H3. The molecule has 20 heavy (non-hydrogen) atoms. The summed E-state index contributed by atoms with van der Waals surface area (Å²) in [5.41, 5.74) is 1.23. The number of aromatic nitrogens is 2. The van der Waals surface area contributed by atoms with Crippen molar-refractivity contribution in [3.05, 3.63) is 41.8 Å². The highest BCUT2D eigenvalue weighted by atomic mass is 16.4. The van der Waals surface area contributed by atoms with Crippen molar-refractivity contribution in [2.75, 3.05) is 11.4 Å². The van der Waals surface area contributed by atoms with Gasteiger partial charge in [-0.2, -0.15) is 0 Å². The highest BCUT2D eigenvalue weighted by Crippen LogP contribution is 2.15. The summed E-state index contributed by atoms with van der Waals surface area (Å²) in [6.45, 7) is 8.47. The number of nitrogens with zero attached hydrogens (tertiary/aromatic N) is 3. The first-order valence-electron chi connectivity index (χ1n) is 7.03. The van der Waals surface area contributed by atoms with Gasteiger partial charge in [0.05, 0.1) is 6.54 Å². The predicted octanol–water partition coefficient (Wildman–Crippen LogP) is 2.59. The van der Waals surface area contributed by atoms with Gasteiger partial charge in [0.1, 0.15) is 0 Å². The Hall–Kier alpha value is -1.88. The highest BCUT2D eigenvalue weighted by Gasteiger charge is 2.13. The summed E-state index contributed by atoms with van der Waals surface area (Å²) in [5.74, 6) is 0.625. The van der Waals surface area contributed by atoms with E-state index in [9.17, 15) is 0 Å². The van der Waals surface area contributed by atoms with Crippen molar-refractivity contribution in [2.45, 2.75) is 39.9 Å². The van der Waals surface area contributed by atoms with Crippen LogP contribution in [0.3, 0.4) is 0 Å². The van der Waals surface area contributed by atoms with Crippen molar-refractivity contribution < 1.29 is 4.42 Å². The van der Waals surface area contributed by atoms with E-state index in [0.717, 1.165) is 13.1 Å². The Bertz CT molecular complexity index is 510. The molecule has 0 aliphatic carbocycles. The number of rotatable bonds is 7. The van der Waals surface area contributed by atoms with Crippen LogP contribution in [0.1, 0.15) is 32.2 Å². The monoisotopic (exact) mass is 274 g/mol. The third-order valence-corrected chi connectivity index (χ3v) is 2.99. The van der Waals surface area contributed by atoms with Crippen LogP contribution in [-0.4, -0.2) is 22.8 Å². The molecule has 0 bridgehead atoms. The molecule has 1 aromatic heterocycles. The van der Waals surface area contributed by atoms with E-state index >= 15 is 0 Å². The van der Waals surface area contributed by atoms with Gasteiger partial charge in [-0.3, -0.25) is 0 Å². The van der Waals surface area contributed by atoms with Crippen LogP contribution in [0.4, 0.5) is 6.01 Å². The lowest BCUT2D eigenvalue weighted by molar-refractivity contribution is 0.446. The topological polar surface area (TPSA) is 54.2 Å². The summed E-state index contributed by atoms with van der Waals surface area (Å²) in [6.07, 6.45) is 0. The molecule has 2 aromatic rings. The molecule has 0 atom stereocenters. The highest BCUT2D eigenvalue weighted by molar-refractivity contribution is 5.28. The molecule has 1 aromatic carbocycles. The van der Waals surface area contributed by atoms with Crippen molar-refractivity contribution in [1.82, 2.24) is 15.5 Å². The SMILES string of the molecule is CCN(Cc1ccccc1)c1nnc(CNC(C)C)o1. The lowest BCUT2D eigenvalue weighted by Crippen LogP contribution is -2.22. The maximum absolute atomic E-state index is 5.70. The van der Waals surface area contributed by atoms with Gasteiger partial charge in [-0.25, -0.2) is 0 Å². The van der Waals surface area contributed by atoms with Crippen molar-refractivity contribution in [3.8, 4) is 0 Å². The summed E-state index contributed by atoms with van der Waals surface area (Å²) in [7, 11) is 0. The molecule has 5 heteroatoms. The lowest BCUT2D eigenvalue weighted by atomic mass is 10.2. The normalized spacial score (nSPS) is 11.0. The van der Waals surface area contributed by atoms with E-state index in [1.165, 1.54) is 5.56 Å². The molecule has 0 saturated heterocycles. The van der Waals surface area contributed by atoms with Crippen LogP contribution >= 0.6 is 0 Å². The van der Waals surface area contributed by atoms with E-state index in [4.69, 9.17) is 4.42 Å². The maximum Gasteiger partial charge on any atom is 0.318 e. The molecule has 108 valence electrons. The second-order valence-electron chi connectivity index (χ2n) is 5.01. The minimum absolute atomic E-state index is 0.400. The molecule has 0 spiro atoms. The average Bonchev–Trinajstić information content (AvgIpc) is 2.92. The molecule has 0 radical (unpaired) electrons. The van der Waals surface area contributed by atoms with E-state index in [1.807, 2.05) is 18.2 Å². The van der Waals surface area contributed by atoms with Crippen molar-refractivity contribution in [3.63, 3.8) is 0 Å². The molecule has 2 rings (SSSR count). The molecular formula is C15H22N4O. The van der Waals surface area contributed by atoms with Crippen molar-refractivity contribution >= 4 is 6.01 Å². The van der Waals surface area contributed by atoms with Crippen LogP contribution in [0.2, 0.25) is 0 Å². The third-order valence-electron chi connectivity index (χ3n) is 2.99. The second kappa shape index (κ2) is 7.05. The number of anilines is 1. The minimum Gasteiger partial charge on any atom is -0.407 e. The Labute approximate surface area is 120 Å². The summed E-state index contributed by atoms with van der Waals surface area (Å²) < 4.78 is 5.70. The molecule has 0 amide bonds. The second-order valence-corrected chi connectivity index (χ2v) is 5.01. The van der Waals surface area contributed by atoms with E-state index in [-0.39, 0.29) is 0 Å². The Balaban J connectivity index is 2.01. The Morgan fingerprint density at radius 1 is 1.20 bits per heavy atom. The van der Waals surface area contributed by atoms with Gasteiger partial charge in [-0.05, 0) is 12.5 Å². The van der Waals surface area contributed by atoms with Crippen LogP contribution < -0.4 is 10.2 Å². The quantitative estimate of drug-likeness (QED) is 0.841. The first-order valence-corrected chi connectivity index (χ1v) is 7.03.